The SMILES string of the molecule is CCNC(=O)[C@@H](CC)N(Cc1ccccc1)C(=O)Cc1ccc(F)cc1. The molecule has 0 spiro atoms. The van der Waals surface area contributed by atoms with Gasteiger partial charge in [0.15, 0.2) is 0 Å². The fraction of sp³-hybridized carbons (Fsp3) is 0.333. The summed E-state index contributed by atoms with van der Waals surface area (Å²) in [6.45, 7) is 4.62. The van der Waals surface area contributed by atoms with Crippen LogP contribution in [0.3, 0.4) is 0 Å². The fourth-order valence-corrected chi connectivity index (χ4v) is 2.87. The Morgan fingerprint density at radius 3 is 2.23 bits per heavy atom. The molecule has 0 unspecified atom stereocenters. The highest BCUT2D eigenvalue weighted by molar-refractivity contribution is 5.88. The van der Waals surface area contributed by atoms with Crippen LogP contribution in [0.5, 0.6) is 0 Å². The lowest BCUT2D eigenvalue weighted by atomic mass is 10.1. The van der Waals surface area contributed by atoms with Crippen LogP contribution in [0.15, 0.2) is 54.6 Å². The van der Waals surface area contributed by atoms with Crippen LogP contribution in [-0.2, 0) is 22.6 Å². The molecule has 0 heterocycles. The lowest BCUT2D eigenvalue weighted by Crippen LogP contribution is -2.49. The van der Waals surface area contributed by atoms with Gasteiger partial charge in [-0.2, -0.15) is 0 Å². The summed E-state index contributed by atoms with van der Waals surface area (Å²) in [7, 11) is 0. The zero-order chi connectivity index (χ0) is 18.9. The van der Waals surface area contributed by atoms with Crippen LogP contribution in [0.25, 0.3) is 0 Å². The van der Waals surface area contributed by atoms with Crippen LogP contribution < -0.4 is 5.32 Å². The molecule has 0 aromatic heterocycles. The summed E-state index contributed by atoms with van der Waals surface area (Å²) in [5.41, 5.74) is 1.68. The number of carbonyl (C=O) groups excluding carboxylic acids is 2. The summed E-state index contributed by atoms with van der Waals surface area (Å²) in [5.74, 6) is -0.645. The van der Waals surface area contributed by atoms with Crippen LogP contribution >= 0.6 is 0 Å². The normalized spacial score (nSPS) is 11.7. The lowest BCUT2D eigenvalue weighted by molar-refractivity contribution is -0.140. The predicted octanol–water partition coefficient (Wildman–Crippen LogP) is 3.31. The van der Waals surface area contributed by atoms with Gasteiger partial charge in [0.25, 0.3) is 0 Å². The number of rotatable bonds is 8. The van der Waals surface area contributed by atoms with E-state index in [4.69, 9.17) is 0 Å². The van der Waals surface area contributed by atoms with Crippen molar-refractivity contribution in [3.63, 3.8) is 0 Å². The summed E-state index contributed by atoms with van der Waals surface area (Å²) < 4.78 is 13.1. The Kier molecular flexibility index (Phi) is 7.33. The van der Waals surface area contributed by atoms with Crippen LogP contribution in [0.1, 0.15) is 31.4 Å². The maximum absolute atomic E-state index is 13.1. The number of nitrogens with zero attached hydrogens (tertiary/aromatic N) is 1. The van der Waals surface area contributed by atoms with Gasteiger partial charge in [0.1, 0.15) is 11.9 Å². The molecule has 2 aromatic carbocycles. The highest BCUT2D eigenvalue weighted by Crippen LogP contribution is 2.15. The molecule has 2 amide bonds. The number of likely N-dealkylation sites (N-methyl/N-ethyl adjacent to an activating group) is 1. The first-order valence-corrected chi connectivity index (χ1v) is 8.90. The second-order valence-corrected chi connectivity index (χ2v) is 6.13. The number of benzene rings is 2. The molecule has 138 valence electrons. The maximum atomic E-state index is 13.1. The van der Waals surface area contributed by atoms with Crippen molar-refractivity contribution in [2.75, 3.05) is 6.54 Å². The van der Waals surface area contributed by atoms with E-state index in [1.807, 2.05) is 44.2 Å². The molecule has 0 bridgehead atoms. The molecule has 0 saturated heterocycles. The van der Waals surface area contributed by atoms with Gasteiger partial charge in [-0.3, -0.25) is 9.59 Å². The van der Waals surface area contributed by atoms with Gasteiger partial charge in [0.2, 0.25) is 11.8 Å². The summed E-state index contributed by atoms with van der Waals surface area (Å²) >= 11 is 0. The number of nitrogens with one attached hydrogen (secondary N) is 1. The molecule has 1 N–H and O–H groups in total. The molecule has 1 atom stereocenters. The van der Waals surface area contributed by atoms with Crippen LogP contribution in [0, 0.1) is 5.82 Å². The highest BCUT2D eigenvalue weighted by Gasteiger charge is 2.28. The first-order valence-electron chi connectivity index (χ1n) is 8.90. The predicted molar refractivity (Wildman–Crippen MR) is 99.9 cm³/mol. The van der Waals surface area contributed by atoms with Gasteiger partial charge in [0.05, 0.1) is 6.42 Å². The quantitative estimate of drug-likeness (QED) is 0.789. The van der Waals surface area contributed by atoms with Gasteiger partial charge in [-0.25, -0.2) is 4.39 Å². The molecule has 0 saturated carbocycles. The second kappa shape index (κ2) is 9.70. The van der Waals surface area contributed by atoms with Gasteiger partial charge in [-0.1, -0.05) is 49.4 Å². The van der Waals surface area contributed by atoms with Crippen molar-refractivity contribution < 1.29 is 14.0 Å². The Balaban J connectivity index is 2.24. The molecule has 0 aliphatic rings. The molecule has 0 fully saturated rings. The smallest absolute Gasteiger partial charge is 0.242 e. The number of hydrogen-bond acceptors (Lipinski definition) is 2. The van der Waals surface area contributed by atoms with E-state index in [1.165, 1.54) is 12.1 Å². The minimum absolute atomic E-state index is 0.128. The summed E-state index contributed by atoms with van der Waals surface area (Å²) in [4.78, 5) is 27.0. The fourth-order valence-electron chi connectivity index (χ4n) is 2.87. The number of amides is 2. The van der Waals surface area contributed by atoms with Crippen molar-refractivity contribution >= 4 is 11.8 Å². The molecule has 4 nitrogen and oxygen atoms in total. The van der Waals surface area contributed by atoms with Crippen LogP contribution in [0.4, 0.5) is 4.39 Å². The topological polar surface area (TPSA) is 49.4 Å². The highest BCUT2D eigenvalue weighted by atomic mass is 19.1. The summed E-state index contributed by atoms with van der Waals surface area (Å²) in [5, 5.41) is 2.81. The van der Waals surface area contributed by atoms with E-state index in [0.29, 0.717) is 19.5 Å². The first-order chi connectivity index (χ1) is 12.5. The van der Waals surface area contributed by atoms with Gasteiger partial charge < -0.3 is 10.2 Å². The first kappa shape index (κ1) is 19.6. The van der Waals surface area contributed by atoms with E-state index in [-0.39, 0.29) is 24.1 Å². The molecule has 5 heteroatoms. The van der Waals surface area contributed by atoms with Crippen molar-refractivity contribution in [1.82, 2.24) is 10.2 Å². The number of halogens is 1. The largest absolute Gasteiger partial charge is 0.355 e. The molecule has 0 radical (unpaired) electrons. The van der Waals surface area contributed by atoms with E-state index in [0.717, 1.165) is 11.1 Å². The third-order valence-electron chi connectivity index (χ3n) is 4.20. The van der Waals surface area contributed by atoms with Crippen molar-refractivity contribution in [3.8, 4) is 0 Å². The standard InChI is InChI=1S/C21H25FN2O2/c1-3-19(21(26)23-4-2)24(15-17-8-6-5-7-9-17)20(25)14-16-10-12-18(22)13-11-16/h5-13,19H,3-4,14-15H2,1-2H3,(H,23,26)/t19-/m1/s1. The van der Waals surface area contributed by atoms with Crippen LogP contribution in [-0.4, -0.2) is 29.3 Å². The molecule has 0 aliphatic heterocycles. The van der Waals surface area contributed by atoms with Crippen molar-refractivity contribution in [3.05, 3.63) is 71.5 Å². The zero-order valence-electron chi connectivity index (χ0n) is 15.2. The van der Waals surface area contributed by atoms with Gasteiger partial charge in [-0.15, -0.1) is 0 Å². The Morgan fingerprint density at radius 1 is 1.00 bits per heavy atom. The van der Waals surface area contributed by atoms with E-state index in [2.05, 4.69) is 5.32 Å². The lowest BCUT2D eigenvalue weighted by Gasteiger charge is -2.30. The minimum atomic E-state index is -0.539. The van der Waals surface area contributed by atoms with E-state index >= 15 is 0 Å². The van der Waals surface area contributed by atoms with E-state index in [1.54, 1.807) is 17.0 Å². The maximum Gasteiger partial charge on any atom is 0.242 e. The molecular formula is C21H25FN2O2. The average Bonchev–Trinajstić information content (AvgIpc) is 2.64. The van der Waals surface area contributed by atoms with Crippen molar-refractivity contribution in [2.45, 2.75) is 39.3 Å². The van der Waals surface area contributed by atoms with Crippen molar-refractivity contribution in [1.29, 1.82) is 0 Å². The van der Waals surface area contributed by atoms with Gasteiger partial charge in [0, 0.05) is 13.1 Å². The third kappa shape index (κ3) is 5.41. The molecule has 2 rings (SSSR count). The van der Waals surface area contributed by atoms with E-state index < -0.39 is 6.04 Å². The van der Waals surface area contributed by atoms with Gasteiger partial charge >= 0.3 is 0 Å². The summed E-state index contributed by atoms with van der Waals surface area (Å²) in [6, 6.07) is 14.9. The number of carbonyl (C=O) groups is 2. The Morgan fingerprint density at radius 2 is 1.65 bits per heavy atom. The summed E-state index contributed by atoms with van der Waals surface area (Å²) in [6.07, 6.45) is 0.650. The molecule has 26 heavy (non-hydrogen) atoms. The molecule has 2 aromatic rings. The Bertz CT molecular complexity index is 717. The molecule has 0 aliphatic carbocycles. The average molecular weight is 356 g/mol. The third-order valence-corrected chi connectivity index (χ3v) is 4.20. The zero-order valence-corrected chi connectivity index (χ0v) is 15.2. The number of hydrogen-bond donors (Lipinski definition) is 1. The van der Waals surface area contributed by atoms with Crippen LogP contribution in [0.2, 0.25) is 0 Å². The van der Waals surface area contributed by atoms with E-state index in [9.17, 15) is 14.0 Å². The molecular weight excluding hydrogens is 331 g/mol. The Labute approximate surface area is 154 Å². The monoisotopic (exact) mass is 356 g/mol. The minimum Gasteiger partial charge on any atom is -0.355 e. The van der Waals surface area contributed by atoms with Crippen molar-refractivity contribution in [2.24, 2.45) is 0 Å². The van der Waals surface area contributed by atoms with Gasteiger partial charge in [-0.05, 0) is 36.6 Å². The Hall–Kier alpha value is -2.69. The second-order valence-electron chi connectivity index (χ2n) is 6.13.